The first-order valence-corrected chi connectivity index (χ1v) is 10.8. The molecule has 0 fully saturated rings. The summed E-state index contributed by atoms with van der Waals surface area (Å²) in [6.07, 6.45) is 2.16. The molecule has 0 aliphatic rings. The summed E-state index contributed by atoms with van der Waals surface area (Å²) in [6.45, 7) is 3.67. The first-order valence-electron chi connectivity index (χ1n) is 10.8. The lowest BCUT2D eigenvalue weighted by atomic mass is 9.97. The van der Waals surface area contributed by atoms with Crippen molar-refractivity contribution < 1.29 is 26.7 Å². The van der Waals surface area contributed by atoms with Gasteiger partial charge in [0.25, 0.3) is 5.91 Å². The highest BCUT2D eigenvalue weighted by Gasteiger charge is 2.35. The van der Waals surface area contributed by atoms with Gasteiger partial charge in [-0.05, 0) is 48.0 Å². The zero-order chi connectivity index (χ0) is 26.7. The minimum atomic E-state index is -4.81. The Balaban J connectivity index is 1.79. The number of benzene rings is 2. The van der Waals surface area contributed by atoms with Gasteiger partial charge < -0.3 is 9.88 Å². The second kappa shape index (κ2) is 10.2. The summed E-state index contributed by atoms with van der Waals surface area (Å²) in [4.78, 5) is 21.1. The summed E-state index contributed by atoms with van der Waals surface area (Å²) in [7, 11) is 1.66. The van der Waals surface area contributed by atoms with Crippen LogP contribution in [0.15, 0.2) is 85.9 Å². The monoisotopic (exact) mass is 510 g/mol. The Morgan fingerprint density at radius 1 is 1.00 bits per heavy atom. The minimum absolute atomic E-state index is 0.129. The highest BCUT2D eigenvalue weighted by Crippen LogP contribution is 2.35. The van der Waals surface area contributed by atoms with Gasteiger partial charge in [0.2, 0.25) is 0 Å². The second-order valence-electron chi connectivity index (χ2n) is 7.95. The fourth-order valence-corrected chi connectivity index (χ4v) is 3.78. The molecular formula is C27H19F5N4O. The van der Waals surface area contributed by atoms with Crippen molar-refractivity contribution in [2.45, 2.75) is 6.18 Å². The van der Waals surface area contributed by atoms with E-state index in [9.17, 15) is 26.7 Å². The van der Waals surface area contributed by atoms with E-state index >= 15 is 0 Å². The molecule has 10 heteroatoms. The number of pyridine rings is 1. The number of carbonyl (C=O) groups excluding carboxylic acids is 1. The predicted octanol–water partition coefficient (Wildman–Crippen LogP) is 6.65. The number of imidazole rings is 1. The van der Waals surface area contributed by atoms with Crippen LogP contribution >= 0.6 is 0 Å². The number of alkyl halides is 3. The molecule has 0 saturated carbocycles. The summed E-state index contributed by atoms with van der Waals surface area (Å²) in [5, 5.41) is 2.37. The van der Waals surface area contributed by atoms with Crippen LogP contribution in [-0.4, -0.2) is 20.4 Å². The fraction of sp³-hybridized carbons (Fsp3) is 0.0741. The molecule has 0 saturated heterocycles. The largest absolute Gasteiger partial charge is 0.417 e. The van der Waals surface area contributed by atoms with Crippen LogP contribution in [0.1, 0.15) is 27.3 Å². The first-order chi connectivity index (χ1) is 17.6. The normalized spacial score (nSPS) is 11.9. The molecule has 2 aromatic heterocycles. The first kappa shape index (κ1) is 25.5. The van der Waals surface area contributed by atoms with Gasteiger partial charge in [0.05, 0.1) is 29.2 Å². The standard InChI is InChI=1S/C27H19F5N4O/c1-3-4-21(25-34-15-24(36(25)2)17-11-19(29)14-33-13-17)16-5-10-23(27(30,31)32)22(12-16)26(37)35-20-8-6-18(28)7-9-20/h3-15H,1H2,2H3,(H,35,37)/b21-4-. The molecule has 188 valence electrons. The van der Waals surface area contributed by atoms with Gasteiger partial charge in [-0.2, -0.15) is 13.2 Å². The van der Waals surface area contributed by atoms with E-state index in [2.05, 4.69) is 21.9 Å². The molecular weight excluding hydrogens is 491 g/mol. The van der Waals surface area contributed by atoms with E-state index in [0.717, 1.165) is 30.5 Å². The summed E-state index contributed by atoms with van der Waals surface area (Å²) in [5.41, 5.74) is -0.0472. The van der Waals surface area contributed by atoms with E-state index in [-0.39, 0.29) is 11.3 Å². The van der Waals surface area contributed by atoms with Crippen LogP contribution in [0.25, 0.3) is 16.8 Å². The number of hydrogen-bond donors (Lipinski definition) is 1. The molecule has 0 atom stereocenters. The van der Waals surface area contributed by atoms with Gasteiger partial charge in [0, 0.05) is 30.1 Å². The van der Waals surface area contributed by atoms with Gasteiger partial charge in [-0.15, -0.1) is 0 Å². The molecule has 5 nitrogen and oxygen atoms in total. The molecule has 4 aromatic rings. The SMILES string of the molecule is C=C/C=C(/c1ccc(C(F)(F)F)c(C(=O)Nc2ccc(F)cc2)c1)c1ncc(-c2cncc(F)c2)n1C. The molecule has 4 rings (SSSR count). The van der Waals surface area contributed by atoms with Crippen LogP contribution < -0.4 is 5.32 Å². The number of aromatic nitrogens is 3. The van der Waals surface area contributed by atoms with Crippen molar-refractivity contribution in [1.82, 2.24) is 14.5 Å². The summed E-state index contributed by atoms with van der Waals surface area (Å²) >= 11 is 0. The molecule has 0 spiro atoms. The van der Waals surface area contributed by atoms with Gasteiger partial charge in [0.1, 0.15) is 17.5 Å². The Kier molecular flexibility index (Phi) is 7.01. The zero-order valence-corrected chi connectivity index (χ0v) is 19.4. The molecule has 0 aliphatic carbocycles. The highest BCUT2D eigenvalue weighted by molar-refractivity contribution is 6.06. The Bertz CT molecular complexity index is 1500. The van der Waals surface area contributed by atoms with Crippen molar-refractivity contribution in [2.75, 3.05) is 5.32 Å². The Morgan fingerprint density at radius 3 is 2.38 bits per heavy atom. The van der Waals surface area contributed by atoms with E-state index in [4.69, 9.17) is 0 Å². The molecule has 0 bridgehead atoms. The van der Waals surface area contributed by atoms with Crippen LogP contribution in [0, 0.1) is 11.6 Å². The third kappa shape index (κ3) is 5.48. The van der Waals surface area contributed by atoms with Crippen molar-refractivity contribution >= 4 is 17.2 Å². The van der Waals surface area contributed by atoms with Crippen LogP contribution in [0.5, 0.6) is 0 Å². The number of anilines is 1. The molecule has 2 aromatic carbocycles. The average Bonchev–Trinajstić information content (AvgIpc) is 3.24. The molecule has 0 aliphatic heterocycles. The summed E-state index contributed by atoms with van der Waals surface area (Å²) < 4.78 is 69.9. The molecule has 0 unspecified atom stereocenters. The third-order valence-corrected chi connectivity index (χ3v) is 5.50. The van der Waals surface area contributed by atoms with Crippen LogP contribution in [0.4, 0.5) is 27.6 Å². The maximum atomic E-state index is 13.8. The van der Waals surface area contributed by atoms with Crippen LogP contribution in [0.3, 0.4) is 0 Å². The predicted molar refractivity (Wildman–Crippen MR) is 129 cm³/mol. The topological polar surface area (TPSA) is 59.8 Å². The molecule has 1 amide bonds. The van der Waals surface area contributed by atoms with Gasteiger partial charge in [0.15, 0.2) is 0 Å². The Labute approximate surface area is 208 Å². The Hall–Kier alpha value is -4.60. The number of carbonyl (C=O) groups is 1. The highest BCUT2D eigenvalue weighted by atomic mass is 19.4. The van der Waals surface area contributed by atoms with E-state index in [0.29, 0.717) is 22.7 Å². The summed E-state index contributed by atoms with van der Waals surface area (Å²) in [6, 6.07) is 9.06. The zero-order valence-electron chi connectivity index (χ0n) is 19.4. The van der Waals surface area contributed by atoms with Gasteiger partial charge in [-0.3, -0.25) is 9.78 Å². The van der Waals surface area contributed by atoms with Gasteiger partial charge in [-0.25, -0.2) is 13.8 Å². The van der Waals surface area contributed by atoms with E-state index in [1.165, 1.54) is 42.7 Å². The van der Waals surface area contributed by atoms with Crippen LogP contribution in [0.2, 0.25) is 0 Å². The lowest BCUT2D eigenvalue weighted by Crippen LogP contribution is -2.19. The van der Waals surface area contributed by atoms with Crippen molar-refractivity contribution in [3.63, 3.8) is 0 Å². The van der Waals surface area contributed by atoms with E-state index in [1.807, 2.05) is 0 Å². The second-order valence-corrected chi connectivity index (χ2v) is 7.95. The van der Waals surface area contributed by atoms with Gasteiger partial charge in [-0.1, -0.05) is 24.8 Å². The smallest absolute Gasteiger partial charge is 0.327 e. The fourth-order valence-electron chi connectivity index (χ4n) is 3.78. The molecule has 1 N–H and O–H groups in total. The maximum absolute atomic E-state index is 13.8. The van der Waals surface area contributed by atoms with Crippen molar-refractivity contribution in [3.8, 4) is 11.3 Å². The van der Waals surface area contributed by atoms with E-state index in [1.54, 1.807) is 17.7 Å². The number of amides is 1. The number of rotatable bonds is 6. The van der Waals surface area contributed by atoms with Crippen molar-refractivity contribution in [1.29, 1.82) is 0 Å². The van der Waals surface area contributed by atoms with E-state index < -0.39 is 34.8 Å². The molecule has 0 radical (unpaired) electrons. The summed E-state index contributed by atoms with van der Waals surface area (Å²) in [5.74, 6) is -1.78. The number of hydrogen-bond acceptors (Lipinski definition) is 3. The molecule has 37 heavy (non-hydrogen) atoms. The number of halogens is 5. The quantitative estimate of drug-likeness (QED) is 0.233. The molecule has 2 heterocycles. The Morgan fingerprint density at radius 2 is 1.73 bits per heavy atom. The number of nitrogens with zero attached hydrogens (tertiary/aromatic N) is 3. The lowest BCUT2D eigenvalue weighted by Gasteiger charge is -2.16. The number of nitrogens with one attached hydrogen (secondary N) is 1. The van der Waals surface area contributed by atoms with Crippen LogP contribution in [-0.2, 0) is 13.2 Å². The van der Waals surface area contributed by atoms with Crippen molar-refractivity contribution in [3.05, 3.63) is 120 Å². The number of allylic oxidation sites excluding steroid dienone is 2. The van der Waals surface area contributed by atoms with Gasteiger partial charge >= 0.3 is 6.18 Å². The lowest BCUT2D eigenvalue weighted by molar-refractivity contribution is -0.137. The van der Waals surface area contributed by atoms with Crippen molar-refractivity contribution in [2.24, 2.45) is 7.05 Å². The maximum Gasteiger partial charge on any atom is 0.417 e. The minimum Gasteiger partial charge on any atom is -0.327 e. The average molecular weight is 510 g/mol. The third-order valence-electron chi connectivity index (χ3n) is 5.50.